The molecule has 68 valence electrons. The number of nitrogens with zero attached hydrogens (tertiary/aromatic N) is 3. The van der Waals surface area contributed by atoms with E-state index in [-0.39, 0.29) is 0 Å². The van der Waals surface area contributed by atoms with E-state index in [0.29, 0.717) is 5.15 Å². The highest BCUT2D eigenvalue weighted by Gasteiger charge is 2.09. The van der Waals surface area contributed by atoms with Crippen LogP contribution in [-0.2, 0) is 0 Å². The summed E-state index contributed by atoms with van der Waals surface area (Å²) in [6.45, 7) is 3.15. The van der Waals surface area contributed by atoms with E-state index in [9.17, 15) is 0 Å². The van der Waals surface area contributed by atoms with Gasteiger partial charge in [0.1, 0.15) is 0 Å². The summed E-state index contributed by atoms with van der Waals surface area (Å²) >= 11 is 6.96. The summed E-state index contributed by atoms with van der Waals surface area (Å²) in [7, 11) is 1.98. The molecule has 0 fully saturated rings. The second-order valence-corrected chi connectivity index (χ2v) is 3.54. The summed E-state index contributed by atoms with van der Waals surface area (Å²) < 4.78 is 7.99. The van der Waals surface area contributed by atoms with Crippen LogP contribution in [0, 0.1) is 0 Å². The van der Waals surface area contributed by atoms with Gasteiger partial charge in [0.2, 0.25) is 0 Å². The fraction of sp³-hybridized carbons (Fsp3) is 0.714. The molecule has 0 aliphatic heterocycles. The Morgan fingerprint density at radius 2 is 2.25 bits per heavy atom. The van der Waals surface area contributed by atoms with E-state index < -0.39 is 0 Å². The third-order valence-corrected chi connectivity index (χ3v) is 2.51. The van der Waals surface area contributed by atoms with Gasteiger partial charge in [0.15, 0.2) is 11.0 Å². The molecule has 0 aliphatic rings. The van der Waals surface area contributed by atoms with Crippen molar-refractivity contribution in [2.24, 2.45) is 0 Å². The third-order valence-electron chi connectivity index (χ3n) is 1.64. The molecule has 0 aliphatic carbocycles. The van der Waals surface area contributed by atoms with Crippen molar-refractivity contribution in [2.45, 2.75) is 19.8 Å². The zero-order valence-corrected chi connectivity index (χ0v) is 8.82. The molecule has 1 aromatic rings. The zero-order valence-electron chi connectivity index (χ0n) is 7.25. The Morgan fingerprint density at radius 3 is 2.75 bits per heavy atom. The Labute approximate surface area is 81.7 Å². The van der Waals surface area contributed by atoms with Crippen LogP contribution >= 0.6 is 23.3 Å². The molecule has 0 N–H and O–H groups in total. The Morgan fingerprint density at radius 1 is 1.50 bits per heavy atom. The number of hydrogen-bond acceptors (Lipinski definition) is 4. The van der Waals surface area contributed by atoms with Gasteiger partial charge in [0, 0.05) is 13.6 Å². The van der Waals surface area contributed by atoms with Gasteiger partial charge in [-0.2, -0.15) is 8.75 Å². The minimum Gasteiger partial charge on any atom is -0.356 e. The van der Waals surface area contributed by atoms with Gasteiger partial charge in [-0.3, -0.25) is 0 Å². The van der Waals surface area contributed by atoms with Crippen molar-refractivity contribution in [3.05, 3.63) is 5.15 Å². The van der Waals surface area contributed by atoms with Crippen LogP contribution in [-0.4, -0.2) is 22.3 Å². The van der Waals surface area contributed by atoms with Crippen LogP contribution < -0.4 is 4.90 Å². The fourth-order valence-corrected chi connectivity index (χ4v) is 1.73. The molecule has 1 heterocycles. The predicted molar refractivity (Wildman–Crippen MR) is 53.1 cm³/mol. The molecule has 3 nitrogen and oxygen atoms in total. The third kappa shape index (κ3) is 2.32. The maximum Gasteiger partial charge on any atom is 0.187 e. The van der Waals surface area contributed by atoms with Gasteiger partial charge in [-0.15, -0.1) is 0 Å². The lowest BCUT2D eigenvalue weighted by Gasteiger charge is -2.14. The molecule has 0 aromatic carbocycles. The van der Waals surface area contributed by atoms with E-state index in [1.807, 2.05) is 11.9 Å². The molecule has 12 heavy (non-hydrogen) atoms. The molecule has 0 amide bonds. The second-order valence-electron chi connectivity index (χ2n) is 2.65. The van der Waals surface area contributed by atoms with Crippen molar-refractivity contribution in [1.29, 1.82) is 0 Å². The molecule has 0 atom stereocenters. The van der Waals surface area contributed by atoms with Gasteiger partial charge in [0.25, 0.3) is 0 Å². The maximum absolute atomic E-state index is 5.81. The van der Waals surface area contributed by atoms with E-state index >= 15 is 0 Å². The zero-order chi connectivity index (χ0) is 8.97. The highest BCUT2D eigenvalue weighted by Crippen LogP contribution is 2.21. The van der Waals surface area contributed by atoms with Crippen LogP contribution in [0.1, 0.15) is 19.8 Å². The monoisotopic (exact) mass is 205 g/mol. The van der Waals surface area contributed by atoms with Crippen LogP contribution in [0.5, 0.6) is 0 Å². The molecule has 5 heteroatoms. The van der Waals surface area contributed by atoms with Gasteiger partial charge in [0.05, 0.1) is 11.7 Å². The van der Waals surface area contributed by atoms with Gasteiger partial charge in [-0.1, -0.05) is 24.9 Å². The Kier molecular flexibility index (Phi) is 3.75. The molecule has 1 aromatic heterocycles. The van der Waals surface area contributed by atoms with Crippen molar-refractivity contribution in [3.8, 4) is 0 Å². The maximum atomic E-state index is 5.81. The quantitative estimate of drug-likeness (QED) is 0.756. The summed E-state index contributed by atoms with van der Waals surface area (Å²) in [5.74, 6) is 0.801. The standard InChI is InChI=1S/C7H12ClN3S/c1-3-4-5-11(2)7-6(8)9-12-10-7/h3-5H2,1-2H3. The summed E-state index contributed by atoms with van der Waals surface area (Å²) in [5, 5.41) is 0.513. The van der Waals surface area contributed by atoms with E-state index in [1.54, 1.807) is 0 Å². The Bertz CT molecular complexity index is 238. The molecule has 0 saturated carbocycles. The molecule has 0 bridgehead atoms. The number of aromatic nitrogens is 2. The number of unbranched alkanes of at least 4 members (excludes halogenated alkanes) is 1. The molecule has 0 unspecified atom stereocenters. The summed E-state index contributed by atoms with van der Waals surface area (Å²) in [6.07, 6.45) is 2.34. The highest BCUT2D eigenvalue weighted by atomic mass is 35.5. The van der Waals surface area contributed by atoms with Crippen LogP contribution in [0.2, 0.25) is 5.15 Å². The molecule has 0 radical (unpaired) electrons. The summed E-state index contributed by atoms with van der Waals surface area (Å²) in [4.78, 5) is 2.04. The van der Waals surface area contributed by atoms with Gasteiger partial charge >= 0.3 is 0 Å². The fourth-order valence-electron chi connectivity index (χ4n) is 0.902. The lowest BCUT2D eigenvalue weighted by atomic mass is 10.3. The van der Waals surface area contributed by atoms with E-state index in [1.165, 1.54) is 6.42 Å². The van der Waals surface area contributed by atoms with Gasteiger partial charge < -0.3 is 4.90 Å². The highest BCUT2D eigenvalue weighted by molar-refractivity contribution is 6.99. The first-order valence-electron chi connectivity index (χ1n) is 3.95. The van der Waals surface area contributed by atoms with E-state index in [4.69, 9.17) is 11.6 Å². The first kappa shape index (κ1) is 9.74. The average Bonchev–Trinajstić information content (AvgIpc) is 2.47. The van der Waals surface area contributed by atoms with Crippen LogP contribution in [0.4, 0.5) is 5.82 Å². The van der Waals surface area contributed by atoms with Crippen LogP contribution in [0.15, 0.2) is 0 Å². The molecule has 1 rings (SSSR count). The minimum absolute atomic E-state index is 0.513. The van der Waals surface area contributed by atoms with Gasteiger partial charge in [-0.05, 0) is 6.42 Å². The van der Waals surface area contributed by atoms with Crippen molar-refractivity contribution in [2.75, 3.05) is 18.5 Å². The Balaban J connectivity index is 2.52. The number of hydrogen-bond donors (Lipinski definition) is 0. The molecular formula is C7H12ClN3S. The number of anilines is 1. The minimum atomic E-state index is 0.513. The van der Waals surface area contributed by atoms with Crippen molar-refractivity contribution in [1.82, 2.24) is 8.75 Å². The van der Waals surface area contributed by atoms with Crippen LogP contribution in [0.3, 0.4) is 0 Å². The van der Waals surface area contributed by atoms with E-state index in [2.05, 4.69) is 15.7 Å². The average molecular weight is 206 g/mol. The normalized spacial score (nSPS) is 10.2. The Hall–Kier alpha value is -0.350. The largest absolute Gasteiger partial charge is 0.356 e. The second kappa shape index (κ2) is 4.62. The topological polar surface area (TPSA) is 29.0 Å². The lowest BCUT2D eigenvalue weighted by molar-refractivity contribution is 0.762. The molecule has 0 spiro atoms. The van der Waals surface area contributed by atoms with Crippen molar-refractivity contribution in [3.63, 3.8) is 0 Å². The van der Waals surface area contributed by atoms with Gasteiger partial charge in [-0.25, -0.2) is 0 Å². The smallest absolute Gasteiger partial charge is 0.187 e. The van der Waals surface area contributed by atoms with Crippen molar-refractivity contribution < 1.29 is 0 Å². The first-order valence-corrected chi connectivity index (χ1v) is 5.05. The van der Waals surface area contributed by atoms with Crippen LogP contribution in [0.25, 0.3) is 0 Å². The molecule has 0 saturated heterocycles. The first-order chi connectivity index (χ1) is 5.75. The number of halogens is 1. The van der Waals surface area contributed by atoms with E-state index in [0.717, 1.165) is 30.5 Å². The lowest BCUT2D eigenvalue weighted by Crippen LogP contribution is -2.18. The SMILES string of the molecule is CCCCN(C)c1nsnc1Cl. The number of rotatable bonds is 4. The predicted octanol–water partition coefficient (Wildman–Crippen LogP) is 2.43. The summed E-state index contributed by atoms with van der Waals surface area (Å²) in [6, 6.07) is 0. The molecular weight excluding hydrogens is 194 g/mol. The van der Waals surface area contributed by atoms with Crippen molar-refractivity contribution >= 4 is 29.1 Å². The summed E-state index contributed by atoms with van der Waals surface area (Å²) in [5.41, 5.74) is 0.